The number of hydrogen-bond donors (Lipinski definition) is 1. The number of hydrogen-bond acceptors (Lipinski definition) is 5. The van der Waals surface area contributed by atoms with Crippen LogP contribution in [0.2, 0.25) is 0 Å². The van der Waals surface area contributed by atoms with Crippen LogP contribution in [0.1, 0.15) is 16.7 Å². The molecule has 0 aromatic carbocycles. The molecule has 0 bridgehead atoms. The van der Waals surface area contributed by atoms with Gasteiger partial charge in [0.15, 0.2) is 0 Å². The lowest BCUT2D eigenvalue weighted by atomic mass is 10.1. The third kappa shape index (κ3) is 2.99. The van der Waals surface area contributed by atoms with Gasteiger partial charge in [0.05, 0.1) is 12.7 Å². The van der Waals surface area contributed by atoms with Gasteiger partial charge < -0.3 is 10.1 Å². The van der Waals surface area contributed by atoms with Crippen molar-refractivity contribution in [2.75, 3.05) is 12.4 Å². The molecule has 0 saturated heterocycles. The zero-order chi connectivity index (χ0) is 13.7. The molecule has 0 atom stereocenters. The number of anilines is 1. The first-order chi connectivity index (χ1) is 9.24. The van der Waals surface area contributed by atoms with Crippen LogP contribution in [0.3, 0.4) is 0 Å². The Morgan fingerprint density at radius 2 is 2.11 bits per heavy atom. The Morgan fingerprint density at radius 1 is 1.32 bits per heavy atom. The van der Waals surface area contributed by atoms with Crippen molar-refractivity contribution in [1.29, 1.82) is 5.26 Å². The number of pyridine rings is 2. The molecule has 0 amide bonds. The number of aryl methyl sites for hydroxylation is 1. The van der Waals surface area contributed by atoms with Gasteiger partial charge in [-0.05, 0) is 30.2 Å². The molecule has 2 aromatic heterocycles. The molecule has 0 aliphatic carbocycles. The molecule has 1 N–H and O–H groups in total. The first-order valence-electron chi connectivity index (χ1n) is 5.83. The van der Waals surface area contributed by atoms with Crippen molar-refractivity contribution in [1.82, 2.24) is 9.97 Å². The fourth-order valence-electron chi connectivity index (χ4n) is 1.69. The summed E-state index contributed by atoms with van der Waals surface area (Å²) in [6, 6.07) is 7.71. The molecule has 5 nitrogen and oxygen atoms in total. The molecule has 19 heavy (non-hydrogen) atoms. The second-order valence-electron chi connectivity index (χ2n) is 4.02. The summed E-state index contributed by atoms with van der Waals surface area (Å²) in [5.74, 6) is 1.16. The molecule has 0 radical (unpaired) electrons. The summed E-state index contributed by atoms with van der Waals surface area (Å²) in [4.78, 5) is 8.23. The summed E-state index contributed by atoms with van der Waals surface area (Å²) < 4.78 is 5.06. The number of rotatable bonds is 4. The molecule has 2 rings (SSSR count). The molecule has 0 aliphatic rings. The normalized spacial score (nSPS) is 9.74. The third-order valence-corrected chi connectivity index (χ3v) is 2.74. The van der Waals surface area contributed by atoms with Crippen LogP contribution >= 0.6 is 0 Å². The van der Waals surface area contributed by atoms with Crippen LogP contribution in [0, 0.1) is 18.3 Å². The zero-order valence-electron chi connectivity index (χ0n) is 10.8. The van der Waals surface area contributed by atoms with Crippen molar-refractivity contribution in [3.63, 3.8) is 0 Å². The highest BCUT2D eigenvalue weighted by Gasteiger charge is 2.06. The summed E-state index contributed by atoms with van der Waals surface area (Å²) in [5, 5.41) is 12.3. The van der Waals surface area contributed by atoms with Gasteiger partial charge in [-0.1, -0.05) is 0 Å². The number of nitrogens with one attached hydrogen (secondary N) is 1. The van der Waals surface area contributed by atoms with Gasteiger partial charge in [0.2, 0.25) is 5.88 Å². The number of ether oxygens (including phenoxy) is 1. The largest absolute Gasteiger partial charge is 0.481 e. The first-order valence-corrected chi connectivity index (χ1v) is 5.83. The van der Waals surface area contributed by atoms with Crippen LogP contribution in [0.15, 0.2) is 30.6 Å². The predicted molar refractivity (Wildman–Crippen MR) is 71.8 cm³/mol. The second kappa shape index (κ2) is 5.83. The molecule has 0 spiro atoms. The molecule has 5 heteroatoms. The van der Waals surface area contributed by atoms with E-state index >= 15 is 0 Å². The number of methoxy groups -OCH3 is 1. The average Bonchev–Trinajstić information content (AvgIpc) is 2.45. The maximum absolute atomic E-state index is 9.12. The Morgan fingerprint density at radius 3 is 2.84 bits per heavy atom. The summed E-state index contributed by atoms with van der Waals surface area (Å²) in [5.41, 5.74) is 2.50. The summed E-state index contributed by atoms with van der Waals surface area (Å²) in [6.07, 6.45) is 3.37. The van der Waals surface area contributed by atoms with Gasteiger partial charge in [-0.25, -0.2) is 9.97 Å². The monoisotopic (exact) mass is 254 g/mol. The highest BCUT2D eigenvalue weighted by atomic mass is 16.5. The van der Waals surface area contributed by atoms with Gasteiger partial charge in [0, 0.05) is 25.0 Å². The molecular weight excluding hydrogens is 240 g/mol. The molecule has 0 fully saturated rings. The summed E-state index contributed by atoms with van der Waals surface area (Å²) in [6.45, 7) is 2.45. The zero-order valence-corrected chi connectivity index (χ0v) is 10.8. The molecular formula is C14H14N4O. The molecule has 0 unspecified atom stereocenters. The lowest BCUT2D eigenvalue weighted by Gasteiger charge is -2.09. The van der Waals surface area contributed by atoms with E-state index in [1.54, 1.807) is 19.5 Å². The Hall–Kier alpha value is -2.61. The second-order valence-corrected chi connectivity index (χ2v) is 4.02. The summed E-state index contributed by atoms with van der Waals surface area (Å²) >= 11 is 0. The van der Waals surface area contributed by atoms with Gasteiger partial charge in [0.1, 0.15) is 11.9 Å². The van der Waals surface area contributed by atoms with Crippen LogP contribution in [-0.2, 0) is 6.54 Å². The van der Waals surface area contributed by atoms with Crippen molar-refractivity contribution < 1.29 is 4.74 Å². The Balaban J connectivity index is 2.15. The van der Waals surface area contributed by atoms with E-state index in [-0.39, 0.29) is 0 Å². The minimum absolute atomic E-state index is 0.560. The van der Waals surface area contributed by atoms with E-state index in [1.807, 2.05) is 25.1 Å². The molecule has 2 aromatic rings. The van der Waals surface area contributed by atoms with Crippen LogP contribution in [0.5, 0.6) is 5.88 Å². The molecule has 0 saturated carbocycles. The topological polar surface area (TPSA) is 70.8 Å². The average molecular weight is 254 g/mol. The summed E-state index contributed by atoms with van der Waals surface area (Å²) in [7, 11) is 1.58. The molecule has 2 heterocycles. The van der Waals surface area contributed by atoms with Crippen molar-refractivity contribution in [3.8, 4) is 11.9 Å². The fraction of sp³-hybridized carbons (Fsp3) is 0.214. The van der Waals surface area contributed by atoms with E-state index in [2.05, 4.69) is 21.4 Å². The lowest BCUT2D eigenvalue weighted by Crippen LogP contribution is -2.04. The first kappa shape index (κ1) is 12.8. The lowest BCUT2D eigenvalue weighted by molar-refractivity contribution is 0.397. The van der Waals surface area contributed by atoms with E-state index in [4.69, 9.17) is 10.00 Å². The van der Waals surface area contributed by atoms with Gasteiger partial charge >= 0.3 is 0 Å². The minimum atomic E-state index is 0.560. The van der Waals surface area contributed by atoms with Crippen molar-refractivity contribution in [2.24, 2.45) is 0 Å². The van der Waals surface area contributed by atoms with Crippen molar-refractivity contribution in [3.05, 3.63) is 47.3 Å². The Kier molecular flexibility index (Phi) is 3.94. The third-order valence-electron chi connectivity index (χ3n) is 2.74. The van der Waals surface area contributed by atoms with Gasteiger partial charge in [-0.3, -0.25) is 0 Å². The highest BCUT2D eigenvalue weighted by Crippen LogP contribution is 2.16. The van der Waals surface area contributed by atoms with Crippen molar-refractivity contribution in [2.45, 2.75) is 13.5 Å². The van der Waals surface area contributed by atoms with Gasteiger partial charge in [-0.2, -0.15) is 5.26 Å². The smallest absolute Gasteiger partial charge is 0.213 e. The van der Waals surface area contributed by atoms with Crippen LogP contribution < -0.4 is 10.1 Å². The maximum Gasteiger partial charge on any atom is 0.213 e. The highest BCUT2D eigenvalue weighted by molar-refractivity contribution is 5.55. The van der Waals surface area contributed by atoms with E-state index < -0.39 is 0 Å². The molecule has 0 aliphatic heterocycles. The van der Waals surface area contributed by atoms with E-state index in [0.717, 1.165) is 11.1 Å². The number of nitriles is 1. The van der Waals surface area contributed by atoms with E-state index in [0.29, 0.717) is 23.8 Å². The SMILES string of the molecule is COc1cc(CNc2nccc(C)c2C#N)ccn1. The standard InChI is InChI=1S/C14H14N4O/c1-10-3-5-17-14(12(10)8-15)18-9-11-4-6-16-13(7-11)19-2/h3-7H,9H2,1-2H3,(H,17,18). The van der Waals surface area contributed by atoms with Crippen molar-refractivity contribution >= 4 is 5.82 Å². The van der Waals surface area contributed by atoms with E-state index in [9.17, 15) is 0 Å². The van der Waals surface area contributed by atoms with Gasteiger partial charge in [-0.15, -0.1) is 0 Å². The molecule has 96 valence electrons. The number of nitrogens with zero attached hydrogens (tertiary/aromatic N) is 3. The fourth-order valence-corrected chi connectivity index (χ4v) is 1.69. The minimum Gasteiger partial charge on any atom is -0.481 e. The quantitative estimate of drug-likeness (QED) is 0.906. The Bertz CT molecular complexity index is 619. The maximum atomic E-state index is 9.12. The predicted octanol–water partition coefficient (Wildman–Crippen LogP) is 2.28. The number of aromatic nitrogens is 2. The van der Waals surface area contributed by atoms with Crippen LogP contribution in [-0.4, -0.2) is 17.1 Å². The van der Waals surface area contributed by atoms with Gasteiger partial charge in [0.25, 0.3) is 0 Å². The van der Waals surface area contributed by atoms with Crippen LogP contribution in [0.25, 0.3) is 0 Å². The van der Waals surface area contributed by atoms with E-state index in [1.165, 1.54) is 0 Å². The Labute approximate surface area is 111 Å². The van der Waals surface area contributed by atoms with Crippen LogP contribution in [0.4, 0.5) is 5.82 Å².